The van der Waals surface area contributed by atoms with E-state index in [4.69, 9.17) is 0 Å². The average Bonchev–Trinajstić information content (AvgIpc) is 3.56. The van der Waals surface area contributed by atoms with Crippen LogP contribution in [0.1, 0.15) is 24.0 Å². The summed E-state index contributed by atoms with van der Waals surface area (Å²) in [5, 5.41) is 3.04. The first-order valence-corrected chi connectivity index (χ1v) is 10.6. The van der Waals surface area contributed by atoms with Gasteiger partial charge in [-0.1, -0.05) is 0 Å². The van der Waals surface area contributed by atoms with E-state index in [1.54, 1.807) is 12.1 Å². The number of alkyl halides is 3. The normalized spacial score (nSPS) is 23.2. The van der Waals surface area contributed by atoms with E-state index in [2.05, 4.69) is 15.1 Å². The van der Waals surface area contributed by atoms with Crippen molar-refractivity contribution in [3.05, 3.63) is 59.4 Å². The Morgan fingerprint density at radius 1 is 1.03 bits per heavy atom. The molecule has 0 radical (unpaired) electrons. The van der Waals surface area contributed by atoms with Crippen molar-refractivity contribution in [1.82, 2.24) is 5.32 Å². The Morgan fingerprint density at radius 3 is 2.45 bits per heavy atom. The second-order valence-corrected chi connectivity index (χ2v) is 8.62. The molecule has 3 aliphatic rings. The molecule has 0 aromatic heterocycles. The zero-order valence-corrected chi connectivity index (χ0v) is 16.8. The summed E-state index contributed by atoms with van der Waals surface area (Å²) in [6.45, 7) is 1.77. The number of nitrogens with one attached hydrogen (secondary N) is 1. The van der Waals surface area contributed by atoms with Gasteiger partial charge in [-0.05, 0) is 67.3 Å². The number of anilines is 2. The first-order valence-electron chi connectivity index (χ1n) is 10.6. The molecule has 0 unspecified atom stereocenters. The Hall–Kier alpha value is -2.77. The first-order chi connectivity index (χ1) is 14.8. The molecule has 8 heteroatoms. The summed E-state index contributed by atoms with van der Waals surface area (Å²) in [5.41, 5.74) is 1.53. The van der Waals surface area contributed by atoms with Crippen molar-refractivity contribution < 1.29 is 22.4 Å². The SMILES string of the molecule is O=C(NC1CC1)[C@@H]1Cc2cc(C(F)(F)F)ccc2N2CCN(c3ccc(F)cc3)C[C@H]12. The third kappa shape index (κ3) is 3.95. The van der Waals surface area contributed by atoms with Crippen LogP contribution in [0.25, 0.3) is 0 Å². The number of nitrogens with zero attached hydrogens (tertiary/aromatic N) is 2. The Balaban J connectivity index is 1.47. The minimum absolute atomic E-state index is 0.0958. The fourth-order valence-corrected chi connectivity index (χ4v) is 4.72. The minimum atomic E-state index is -4.42. The summed E-state index contributed by atoms with van der Waals surface area (Å²) in [7, 11) is 0. The van der Waals surface area contributed by atoms with E-state index in [-0.39, 0.29) is 30.2 Å². The van der Waals surface area contributed by atoms with Crippen LogP contribution in [-0.4, -0.2) is 37.6 Å². The summed E-state index contributed by atoms with van der Waals surface area (Å²) in [6.07, 6.45) is -2.25. The van der Waals surface area contributed by atoms with E-state index in [1.807, 2.05) is 0 Å². The summed E-state index contributed by atoms with van der Waals surface area (Å²) in [5.74, 6) is -0.850. The maximum absolute atomic E-state index is 13.3. The van der Waals surface area contributed by atoms with Gasteiger partial charge in [-0.15, -0.1) is 0 Å². The van der Waals surface area contributed by atoms with Crippen LogP contribution in [0.4, 0.5) is 28.9 Å². The highest BCUT2D eigenvalue weighted by Gasteiger charge is 2.43. The monoisotopic (exact) mass is 433 g/mol. The van der Waals surface area contributed by atoms with Crippen LogP contribution in [0.5, 0.6) is 0 Å². The molecule has 0 bridgehead atoms. The second kappa shape index (κ2) is 7.43. The highest BCUT2D eigenvalue weighted by molar-refractivity contribution is 5.83. The van der Waals surface area contributed by atoms with Gasteiger partial charge in [0.05, 0.1) is 17.5 Å². The molecule has 1 aliphatic carbocycles. The van der Waals surface area contributed by atoms with Crippen molar-refractivity contribution in [2.24, 2.45) is 5.92 Å². The molecule has 2 fully saturated rings. The van der Waals surface area contributed by atoms with Gasteiger partial charge < -0.3 is 15.1 Å². The maximum atomic E-state index is 13.3. The van der Waals surface area contributed by atoms with Gasteiger partial charge in [0.1, 0.15) is 5.82 Å². The Morgan fingerprint density at radius 2 is 1.77 bits per heavy atom. The smallest absolute Gasteiger partial charge is 0.368 e. The van der Waals surface area contributed by atoms with Crippen LogP contribution >= 0.6 is 0 Å². The van der Waals surface area contributed by atoms with Crippen molar-refractivity contribution in [2.45, 2.75) is 37.5 Å². The van der Waals surface area contributed by atoms with Gasteiger partial charge in [-0.25, -0.2) is 4.39 Å². The topological polar surface area (TPSA) is 35.6 Å². The summed E-state index contributed by atoms with van der Waals surface area (Å²) in [6, 6.07) is 10.1. The fourth-order valence-electron chi connectivity index (χ4n) is 4.72. The molecule has 4 nitrogen and oxygen atoms in total. The van der Waals surface area contributed by atoms with Gasteiger partial charge >= 0.3 is 6.18 Å². The molecule has 2 atom stereocenters. The Labute approximate surface area is 177 Å². The van der Waals surface area contributed by atoms with E-state index in [9.17, 15) is 22.4 Å². The van der Waals surface area contributed by atoms with Crippen LogP contribution < -0.4 is 15.1 Å². The van der Waals surface area contributed by atoms with Crippen molar-refractivity contribution in [2.75, 3.05) is 29.4 Å². The van der Waals surface area contributed by atoms with Gasteiger partial charge in [0.25, 0.3) is 0 Å². The summed E-state index contributed by atoms with van der Waals surface area (Å²) >= 11 is 0. The number of rotatable bonds is 3. The number of piperazine rings is 1. The molecule has 1 saturated carbocycles. The standard InChI is InChI=1S/C23H23F4N3O/c24-16-2-6-18(7-3-16)29-9-10-30-20-8-1-15(23(25,26)27)11-14(20)12-19(21(30)13-29)22(31)28-17-4-5-17/h1-3,6-8,11,17,19,21H,4-5,9-10,12-13H2,(H,28,31)/t19-,21-/m1/s1. The van der Waals surface area contributed by atoms with Crippen molar-refractivity contribution in [3.63, 3.8) is 0 Å². The molecule has 1 saturated heterocycles. The minimum Gasteiger partial charge on any atom is -0.368 e. The predicted octanol–water partition coefficient (Wildman–Crippen LogP) is 3.99. The molecule has 31 heavy (non-hydrogen) atoms. The van der Waals surface area contributed by atoms with E-state index < -0.39 is 17.7 Å². The predicted molar refractivity (Wildman–Crippen MR) is 110 cm³/mol. The van der Waals surface area contributed by atoms with Gasteiger partial charge in [0, 0.05) is 37.1 Å². The molecular weight excluding hydrogens is 410 g/mol. The largest absolute Gasteiger partial charge is 0.416 e. The van der Waals surface area contributed by atoms with Gasteiger partial charge in [-0.3, -0.25) is 4.79 Å². The first kappa shape index (κ1) is 20.2. The van der Waals surface area contributed by atoms with Crippen LogP contribution in [0.15, 0.2) is 42.5 Å². The Bertz CT molecular complexity index is 987. The van der Waals surface area contributed by atoms with Crippen LogP contribution in [0.3, 0.4) is 0 Å². The van der Waals surface area contributed by atoms with Gasteiger partial charge in [0.15, 0.2) is 0 Å². The molecule has 0 spiro atoms. The lowest BCUT2D eigenvalue weighted by Gasteiger charge is -2.49. The van der Waals surface area contributed by atoms with Crippen molar-refractivity contribution in [1.29, 1.82) is 0 Å². The number of amides is 1. The molecular formula is C23H23F4N3O. The molecule has 2 aromatic carbocycles. The summed E-state index contributed by atoms with van der Waals surface area (Å²) < 4.78 is 53.1. The lowest BCUT2D eigenvalue weighted by atomic mass is 9.82. The number of halogens is 4. The molecule has 2 heterocycles. The lowest BCUT2D eigenvalue weighted by molar-refractivity contribution is -0.137. The van der Waals surface area contributed by atoms with Crippen LogP contribution in [0, 0.1) is 11.7 Å². The molecule has 2 aliphatic heterocycles. The number of hydrogen-bond acceptors (Lipinski definition) is 3. The van der Waals surface area contributed by atoms with Crippen LogP contribution in [0.2, 0.25) is 0 Å². The number of carbonyl (C=O) groups excluding carboxylic acids is 1. The highest BCUT2D eigenvalue weighted by atomic mass is 19.4. The zero-order chi connectivity index (χ0) is 21.8. The number of hydrogen-bond donors (Lipinski definition) is 1. The Kier molecular flexibility index (Phi) is 4.83. The quantitative estimate of drug-likeness (QED) is 0.744. The maximum Gasteiger partial charge on any atom is 0.416 e. The van der Waals surface area contributed by atoms with E-state index in [0.717, 1.165) is 30.3 Å². The molecule has 5 rings (SSSR count). The third-order valence-electron chi connectivity index (χ3n) is 6.49. The lowest BCUT2D eigenvalue weighted by Crippen LogP contribution is -2.61. The average molecular weight is 433 g/mol. The molecule has 1 N–H and O–H groups in total. The van der Waals surface area contributed by atoms with E-state index in [0.29, 0.717) is 25.2 Å². The highest BCUT2D eigenvalue weighted by Crippen LogP contribution is 2.40. The zero-order valence-electron chi connectivity index (χ0n) is 16.8. The van der Waals surface area contributed by atoms with Gasteiger partial charge in [-0.2, -0.15) is 13.2 Å². The molecule has 164 valence electrons. The summed E-state index contributed by atoms with van der Waals surface area (Å²) in [4.78, 5) is 17.3. The van der Waals surface area contributed by atoms with E-state index >= 15 is 0 Å². The van der Waals surface area contributed by atoms with Gasteiger partial charge in [0.2, 0.25) is 5.91 Å². The number of benzene rings is 2. The number of carbonyl (C=O) groups is 1. The van der Waals surface area contributed by atoms with Crippen molar-refractivity contribution >= 4 is 17.3 Å². The molecule has 2 aromatic rings. The fraction of sp³-hybridized carbons (Fsp3) is 0.435. The van der Waals surface area contributed by atoms with Crippen LogP contribution in [-0.2, 0) is 17.4 Å². The second-order valence-electron chi connectivity index (χ2n) is 8.62. The number of fused-ring (bicyclic) bond motifs is 3. The molecule has 1 amide bonds. The third-order valence-corrected chi connectivity index (χ3v) is 6.49. The van der Waals surface area contributed by atoms with E-state index in [1.165, 1.54) is 24.3 Å². The van der Waals surface area contributed by atoms with Crippen molar-refractivity contribution in [3.8, 4) is 0 Å².